The SMILES string of the molecule is CCN(CCCc1ccc(N)cc1)Cc1ccco1. The van der Waals surface area contributed by atoms with Crippen molar-refractivity contribution >= 4 is 5.69 Å². The zero-order valence-corrected chi connectivity index (χ0v) is 11.5. The summed E-state index contributed by atoms with van der Waals surface area (Å²) in [6.45, 7) is 5.21. The average Bonchev–Trinajstić information content (AvgIpc) is 2.93. The quantitative estimate of drug-likeness (QED) is 0.775. The van der Waals surface area contributed by atoms with Crippen molar-refractivity contribution in [2.45, 2.75) is 26.3 Å². The Bertz CT molecular complexity index is 462. The summed E-state index contributed by atoms with van der Waals surface area (Å²) in [6, 6.07) is 12.1. The van der Waals surface area contributed by atoms with E-state index in [1.807, 2.05) is 24.3 Å². The summed E-state index contributed by atoms with van der Waals surface area (Å²) < 4.78 is 5.39. The van der Waals surface area contributed by atoms with Crippen molar-refractivity contribution in [2.24, 2.45) is 0 Å². The van der Waals surface area contributed by atoms with Gasteiger partial charge in [0.05, 0.1) is 12.8 Å². The van der Waals surface area contributed by atoms with Crippen LogP contribution in [0, 0.1) is 0 Å². The van der Waals surface area contributed by atoms with Gasteiger partial charge in [-0.25, -0.2) is 0 Å². The van der Waals surface area contributed by atoms with Gasteiger partial charge in [-0.05, 0) is 55.8 Å². The summed E-state index contributed by atoms with van der Waals surface area (Å²) in [6.07, 6.45) is 3.98. The summed E-state index contributed by atoms with van der Waals surface area (Å²) in [5.41, 5.74) is 7.86. The summed E-state index contributed by atoms with van der Waals surface area (Å²) in [7, 11) is 0. The second-order valence-corrected chi connectivity index (χ2v) is 4.79. The minimum absolute atomic E-state index is 0.830. The van der Waals surface area contributed by atoms with Crippen molar-refractivity contribution in [3.05, 3.63) is 54.0 Å². The molecular weight excluding hydrogens is 236 g/mol. The molecule has 0 aliphatic rings. The molecule has 0 unspecified atom stereocenters. The predicted molar refractivity (Wildman–Crippen MR) is 78.8 cm³/mol. The number of anilines is 1. The van der Waals surface area contributed by atoms with Gasteiger partial charge in [-0.3, -0.25) is 4.90 Å². The maximum Gasteiger partial charge on any atom is 0.117 e. The van der Waals surface area contributed by atoms with Crippen LogP contribution in [0.25, 0.3) is 0 Å². The number of nitrogens with zero attached hydrogens (tertiary/aromatic N) is 1. The molecule has 1 aromatic carbocycles. The van der Waals surface area contributed by atoms with E-state index in [4.69, 9.17) is 10.2 Å². The molecule has 0 saturated carbocycles. The molecule has 0 bridgehead atoms. The van der Waals surface area contributed by atoms with Gasteiger partial charge in [-0.15, -0.1) is 0 Å². The first-order chi connectivity index (χ1) is 9.28. The minimum atomic E-state index is 0.830. The van der Waals surface area contributed by atoms with Gasteiger partial charge < -0.3 is 10.2 Å². The molecule has 0 spiro atoms. The molecule has 0 atom stereocenters. The number of furan rings is 1. The Kier molecular flexibility index (Phi) is 5.04. The zero-order valence-electron chi connectivity index (χ0n) is 11.5. The van der Waals surface area contributed by atoms with E-state index in [2.05, 4.69) is 24.0 Å². The summed E-state index contributed by atoms with van der Waals surface area (Å²) in [5, 5.41) is 0. The van der Waals surface area contributed by atoms with Crippen molar-refractivity contribution in [1.29, 1.82) is 0 Å². The maximum absolute atomic E-state index is 5.68. The molecule has 2 rings (SSSR count). The van der Waals surface area contributed by atoms with E-state index in [9.17, 15) is 0 Å². The Labute approximate surface area is 115 Å². The third-order valence-corrected chi connectivity index (χ3v) is 3.33. The van der Waals surface area contributed by atoms with Crippen molar-refractivity contribution in [1.82, 2.24) is 4.90 Å². The molecule has 3 nitrogen and oxygen atoms in total. The monoisotopic (exact) mass is 258 g/mol. The highest BCUT2D eigenvalue weighted by Gasteiger charge is 2.05. The third kappa shape index (κ3) is 4.45. The Morgan fingerprint density at radius 3 is 2.58 bits per heavy atom. The summed E-state index contributed by atoms with van der Waals surface area (Å²) >= 11 is 0. The second-order valence-electron chi connectivity index (χ2n) is 4.79. The summed E-state index contributed by atoms with van der Waals surface area (Å²) in [4.78, 5) is 2.40. The first-order valence-corrected chi connectivity index (χ1v) is 6.87. The Hall–Kier alpha value is -1.74. The van der Waals surface area contributed by atoms with E-state index in [1.165, 1.54) is 5.56 Å². The van der Waals surface area contributed by atoms with Gasteiger partial charge in [0.1, 0.15) is 5.76 Å². The number of aryl methyl sites for hydroxylation is 1. The molecule has 0 fully saturated rings. The average molecular weight is 258 g/mol. The number of nitrogen functional groups attached to an aromatic ring is 1. The largest absolute Gasteiger partial charge is 0.468 e. The van der Waals surface area contributed by atoms with Crippen LogP contribution in [0.1, 0.15) is 24.7 Å². The topological polar surface area (TPSA) is 42.4 Å². The van der Waals surface area contributed by atoms with Crippen LogP contribution >= 0.6 is 0 Å². The Morgan fingerprint density at radius 1 is 1.16 bits per heavy atom. The number of rotatable bonds is 7. The Morgan fingerprint density at radius 2 is 1.95 bits per heavy atom. The zero-order chi connectivity index (χ0) is 13.5. The highest BCUT2D eigenvalue weighted by Crippen LogP contribution is 2.10. The minimum Gasteiger partial charge on any atom is -0.468 e. The van der Waals surface area contributed by atoms with Crippen LogP contribution in [0.15, 0.2) is 47.1 Å². The van der Waals surface area contributed by atoms with Gasteiger partial charge in [0.2, 0.25) is 0 Å². The molecule has 0 saturated heterocycles. The second kappa shape index (κ2) is 7.00. The van der Waals surface area contributed by atoms with Gasteiger partial charge in [-0.2, -0.15) is 0 Å². The lowest BCUT2D eigenvalue weighted by Crippen LogP contribution is -2.24. The summed E-state index contributed by atoms with van der Waals surface area (Å²) in [5.74, 6) is 1.04. The van der Waals surface area contributed by atoms with Crippen LogP contribution in [0.4, 0.5) is 5.69 Å². The van der Waals surface area contributed by atoms with Crippen LogP contribution in [0.5, 0.6) is 0 Å². The van der Waals surface area contributed by atoms with E-state index in [-0.39, 0.29) is 0 Å². The van der Waals surface area contributed by atoms with Crippen LogP contribution in [-0.2, 0) is 13.0 Å². The van der Waals surface area contributed by atoms with Crippen molar-refractivity contribution in [3.63, 3.8) is 0 Å². The van der Waals surface area contributed by atoms with Crippen molar-refractivity contribution < 1.29 is 4.42 Å². The van der Waals surface area contributed by atoms with Crippen LogP contribution in [-0.4, -0.2) is 18.0 Å². The molecule has 0 amide bonds. The Balaban J connectivity index is 1.75. The molecule has 1 aromatic heterocycles. The highest BCUT2D eigenvalue weighted by atomic mass is 16.3. The van der Waals surface area contributed by atoms with Gasteiger partial charge in [-0.1, -0.05) is 19.1 Å². The van der Waals surface area contributed by atoms with Crippen LogP contribution in [0.2, 0.25) is 0 Å². The lowest BCUT2D eigenvalue weighted by Gasteiger charge is -2.18. The van der Waals surface area contributed by atoms with Gasteiger partial charge in [0.25, 0.3) is 0 Å². The van der Waals surface area contributed by atoms with Crippen LogP contribution in [0.3, 0.4) is 0 Å². The number of nitrogens with two attached hydrogens (primary N) is 1. The highest BCUT2D eigenvalue weighted by molar-refractivity contribution is 5.39. The van der Waals surface area contributed by atoms with E-state index >= 15 is 0 Å². The molecule has 0 aliphatic heterocycles. The number of hydrogen-bond donors (Lipinski definition) is 1. The standard InChI is InChI=1S/C16H22N2O/c1-2-18(13-16-6-4-12-19-16)11-3-5-14-7-9-15(17)10-8-14/h4,6-10,12H,2-3,5,11,13,17H2,1H3. The molecule has 3 heteroatoms. The fraction of sp³-hybridized carbons (Fsp3) is 0.375. The molecule has 102 valence electrons. The molecule has 1 heterocycles. The molecule has 0 radical (unpaired) electrons. The number of hydrogen-bond acceptors (Lipinski definition) is 3. The predicted octanol–water partition coefficient (Wildman–Crippen LogP) is 3.32. The first kappa shape index (κ1) is 13.7. The van der Waals surface area contributed by atoms with Gasteiger partial charge in [0, 0.05) is 5.69 Å². The molecule has 2 N–H and O–H groups in total. The molecule has 0 aliphatic carbocycles. The van der Waals surface area contributed by atoms with Gasteiger partial charge in [0.15, 0.2) is 0 Å². The van der Waals surface area contributed by atoms with E-state index in [0.29, 0.717) is 0 Å². The third-order valence-electron chi connectivity index (χ3n) is 3.33. The van der Waals surface area contributed by atoms with E-state index in [0.717, 1.165) is 43.9 Å². The fourth-order valence-corrected chi connectivity index (χ4v) is 2.16. The first-order valence-electron chi connectivity index (χ1n) is 6.87. The molecule has 2 aromatic rings. The molecule has 19 heavy (non-hydrogen) atoms. The maximum atomic E-state index is 5.68. The van der Waals surface area contributed by atoms with Crippen LogP contribution < -0.4 is 5.73 Å². The van der Waals surface area contributed by atoms with E-state index < -0.39 is 0 Å². The molecular formula is C16H22N2O. The normalized spacial score (nSPS) is 11.1. The van der Waals surface area contributed by atoms with Gasteiger partial charge >= 0.3 is 0 Å². The number of benzene rings is 1. The smallest absolute Gasteiger partial charge is 0.117 e. The van der Waals surface area contributed by atoms with Crippen molar-refractivity contribution in [3.8, 4) is 0 Å². The van der Waals surface area contributed by atoms with E-state index in [1.54, 1.807) is 6.26 Å². The lowest BCUT2D eigenvalue weighted by molar-refractivity contribution is 0.253. The fourth-order valence-electron chi connectivity index (χ4n) is 2.16. The van der Waals surface area contributed by atoms with Crippen molar-refractivity contribution in [2.75, 3.05) is 18.8 Å². The lowest BCUT2D eigenvalue weighted by atomic mass is 10.1.